The molecule has 0 amide bonds. The van der Waals surface area contributed by atoms with E-state index in [1.807, 2.05) is 24.3 Å². The van der Waals surface area contributed by atoms with Crippen LogP contribution in [-0.2, 0) is 6.54 Å². The van der Waals surface area contributed by atoms with Crippen LogP contribution in [-0.4, -0.2) is 37.6 Å². The van der Waals surface area contributed by atoms with E-state index >= 15 is 0 Å². The smallest absolute Gasteiger partial charge is 0.231 e. The van der Waals surface area contributed by atoms with Gasteiger partial charge in [-0.2, -0.15) is 0 Å². The Bertz CT molecular complexity index is 807. The molecule has 1 fully saturated rings. The van der Waals surface area contributed by atoms with Gasteiger partial charge in [-0.25, -0.2) is 0 Å². The Labute approximate surface area is 152 Å². The molecule has 0 aromatic heterocycles. The first-order valence-corrected chi connectivity index (χ1v) is 8.77. The van der Waals surface area contributed by atoms with Crippen LogP contribution in [0.1, 0.15) is 30.0 Å². The molecule has 2 aromatic carbocycles. The Balaban J connectivity index is 1.62. The molecular weight excluding hydrogens is 334 g/mol. The predicted molar refractivity (Wildman–Crippen MR) is 96.2 cm³/mol. The molecule has 2 aromatic rings. The lowest BCUT2D eigenvalue weighted by molar-refractivity contribution is 0.173. The number of fused-ring (bicyclic) bond motifs is 1. The molecule has 1 atom stereocenters. The zero-order valence-corrected chi connectivity index (χ0v) is 15.0. The summed E-state index contributed by atoms with van der Waals surface area (Å²) < 4.78 is 21.7. The lowest BCUT2D eigenvalue weighted by atomic mass is 10.0. The molecule has 0 unspecified atom stereocenters. The molecule has 6 heteroatoms. The Kier molecular flexibility index (Phi) is 4.51. The van der Waals surface area contributed by atoms with Gasteiger partial charge in [-0.3, -0.25) is 4.90 Å². The minimum atomic E-state index is 0.200. The van der Waals surface area contributed by atoms with Gasteiger partial charge in [0.25, 0.3) is 0 Å². The largest absolute Gasteiger partial charge is 0.507 e. The first-order chi connectivity index (χ1) is 12.7. The van der Waals surface area contributed by atoms with E-state index in [0.717, 1.165) is 42.0 Å². The second-order valence-electron chi connectivity index (χ2n) is 6.57. The van der Waals surface area contributed by atoms with E-state index in [2.05, 4.69) is 4.90 Å². The van der Waals surface area contributed by atoms with E-state index in [1.165, 1.54) is 0 Å². The van der Waals surface area contributed by atoms with Crippen LogP contribution >= 0.6 is 0 Å². The maximum Gasteiger partial charge on any atom is 0.231 e. The first kappa shape index (κ1) is 16.8. The van der Waals surface area contributed by atoms with Crippen molar-refractivity contribution in [3.05, 3.63) is 41.5 Å². The van der Waals surface area contributed by atoms with Gasteiger partial charge in [-0.1, -0.05) is 0 Å². The van der Waals surface area contributed by atoms with Crippen molar-refractivity contribution in [2.24, 2.45) is 0 Å². The third kappa shape index (κ3) is 3.01. The summed E-state index contributed by atoms with van der Waals surface area (Å²) in [6, 6.07) is 9.62. The van der Waals surface area contributed by atoms with E-state index < -0.39 is 0 Å². The summed E-state index contributed by atoms with van der Waals surface area (Å²) >= 11 is 0. The molecule has 0 bridgehead atoms. The minimum absolute atomic E-state index is 0.200. The SMILES string of the molecule is COc1ccc(OC)c([C@@H]2CCCN2Cc2cc3c(cc2O)OCO3)c1. The molecular formula is C20H23NO5. The average Bonchev–Trinajstić information content (AvgIpc) is 3.30. The van der Waals surface area contributed by atoms with Gasteiger partial charge in [0.2, 0.25) is 6.79 Å². The number of hydrogen-bond donors (Lipinski definition) is 1. The first-order valence-electron chi connectivity index (χ1n) is 8.77. The molecule has 4 rings (SSSR count). The Morgan fingerprint density at radius 3 is 2.69 bits per heavy atom. The number of rotatable bonds is 5. The maximum atomic E-state index is 10.4. The summed E-state index contributed by atoms with van der Waals surface area (Å²) in [6.07, 6.45) is 2.13. The molecule has 2 heterocycles. The zero-order chi connectivity index (χ0) is 18.1. The van der Waals surface area contributed by atoms with Crippen molar-refractivity contribution in [1.82, 2.24) is 4.90 Å². The van der Waals surface area contributed by atoms with Gasteiger partial charge in [-0.15, -0.1) is 0 Å². The molecule has 0 saturated carbocycles. The number of phenols is 1. The summed E-state index contributed by atoms with van der Waals surface area (Å²) in [5, 5.41) is 10.4. The second-order valence-corrected chi connectivity index (χ2v) is 6.57. The monoisotopic (exact) mass is 357 g/mol. The van der Waals surface area contributed by atoms with Crippen molar-refractivity contribution in [3.63, 3.8) is 0 Å². The van der Waals surface area contributed by atoms with Gasteiger partial charge in [0.05, 0.1) is 14.2 Å². The van der Waals surface area contributed by atoms with Crippen molar-refractivity contribution in [2.45, 2.75) is 25.4 Å². The summed E-state index contributed by atoms with van der Waals surface area (Å²) in [5.74, 6) is 3.19. The summed E-state index contributed by atoms with van der Waals surface area (Å²) in [4.78, 5) is 2.36. The molecule has 0 radical (unpaired) electrons. The number of phenolic OH excluding ortho intramolecular Hbond substituents is 1. The quantitative estimate of drug-likeness (QED) is 0.884. The van der Waals surface area contributed by atoms with E-state index in [1.54, 1.807) is 20.3 Å². The molecule has 1 N–H and O–H groups in total. The molecule has 0 spiro atoms. The molecule has 2 aliphatic heterocycles. The molecule has 26 heavy (non-hydrogen) atoms. The van der Waals surface area contributed by atoms with Gasteiger partial charge in [0.15, 0.2) is 11.5 Å². The van der Waals surface area contributed by atoms with Crippen LogP contribution in [0, 0.1) is 0 Å². The lowest BCUT2D eigenvalue weighted by Gasteiger charge is -2.27. The molecule has 1 saturated heterocycles. The summed E-state index contributed by atoms with van der Waals surface area (Å²) in [6.45, 7) is 1.79. The number of likely N-dealkylation sites (tertiary alicyclic amines) is 1. The third-order valence-electron chi connectivity index (χ3n) is 5.11. The van der Waals surface area contributed by atoms with Gasteiger partial charge in [0.1, 0.15) is 17.2 Å². The van der Waals surface area contributed by atoms with E-state index in [-0.39, 0.29) is 18.6 Å². The summed E-state index contributed by atoms with van der Waals surface area (Å²) in [5.41, 5.74) is 1.95. The van der Waals surface area contributed by atoms with Crippen molar-refractivity contribution in [1.29, 1.82) is 0 Å². The van der Waals surface area contributed by atoms with Crippen molar-refractivity contribution >= 4 is 0 Å². The van der Waals surface area contributed by atoms with Crippen LogP contribution in [0.5, 0.6) is 28.7 Å². The van der Waals surface area contributed by atoms with Crippen LogP contribution in [0.3, 0.4) is 0 Å². The molecule has 6 nitrogen and oxygen atoms in total. The number of aromatic hydroxyl groups is 1. The van der Waals surface area contributed by atoms with Gasteiger partial charge >= 0.3 is 0 Å². The molecule has 138 valence electrons. The highest BCUT2D eigenvalue weighted by Crippen LogP contribution is 2.42. The van der Waals surface area contributed by atoms with E-state index in [0.29, 0.717) is 18.0 Å². The lowest BCUT2D eigenvalue weighted by Crippen LogP contribution is -2.23. The highest BCUT2D eigenvalue weighted by Gasteiger charge is 2.30. The number of hydrogen-bond acceptors (Lipinski definition) is 6. The highest BCUT2D eigenvalue weighted by atomic mass is 16.7. The fourth-order valence-corrected chi connectivity index (χ4v) is 3.79. The normalized spacial score (nSPS) is 18.9. The Morgan fingerprint density at radius 1 is 1.12 bits per heavy atom. The number of nitrogens with zero attached hydrogens (tertiary/aromatic N) is 1. The van der Waals surface area contributed by atoms with Gasteiger partial charge in [-0.05, 0) is 43.7 Å². The summed E-state index contributed by atoms with van der Waals surface area (Å²) in [7, 11) is 3.36. The van der Waals surface area contributed by atoms with Crippen LogP contribution in [0.4, 0.5) is 0 Å². The topological polar surface area (TPSA) is 60.4 Å². The molecule has 2 aliphatic rings. The fourth-order valence-electron chi connectivity index (χ4n) is 3.79. The van der Waals surface area contributed by atoms with Crippen molar-refractivity contribution in [2.75, 3.05) is 27.6 Å². The fraction of sp³-hybridized carbons (Fsp3) is 0.400. The van der Waals surface area contributed by atoms with Crippen LogP contribution in [0.2, 0.25) is 0 Å². The van der Waals surface area contributed by atoms with Gasteiger partial charge < -0.3 is 24.1 Å². The Morgan fingerprint density at radius 2 is 1.92 bits per heavy atom. The minimum Gasteiger partial charge on any atom is -0.507 e. The second kappa shape index (κ2) is 6.96. The number of ether oxygens (including phenoxy) is 4. The zero-order valence-electron chi connectivity index (χ0n) is 15.0. The maximum absolute atomic E-state index is 10.4. The van der Waals surface area contributed by atoms with E-state index in [9.17, 15) is 5.11 Å². The third-order valence-corrected chi connectivity index (χ3v) is 5.11. The highest BCUT2D eigenvalue weighted by molar-refractivity contribution is 5.51. The van der Waals surface area contributed by atoms with Crippen molar-refractivity contribution in [3.8, 4) is 28.7 Å². The number of benzene rings is 2. The number of methoxy groups -OCH3 is 2. The molecule has 0 aliphatic carbocycles. The van der Waals surface area contributed by atoms with Crippen LogP contribution < -0.4 is 18.9 Å². The Hall–Kier alpha value is -2.60. The standard InChI is InChI=1S/C20H23NO5/c1-23-14-5-6-18(24-2)15(9-14)16-4-3-7-21(16)11-13-8-19-20(10-17(13)22)26-12-25-19/h5-6,8-10,16,22H,3-4,7,11-12H2,1-2H3/t16-/m0/s1. The predicted octanol–water partition coefficient (Wildman–Crippen LogP) is 3.48. The average molecular weight is 357 g/mol. The van der Waals surface area contributed by atoms with Crippen LogP contribution in [0.25, 0.3) is 0 Å². The van der Waals surface area contributed by atoms with Gasteiger partial charge in [0, 0.05) is 29.8 Å². The van der Waals surface area contributed by atoms with E-state index in [4.69, 9.17) is 18.9 Å². The van der Waals surface area contributed by atoms with Crippen molar-refractivity contribution < 1.29 is 24.1 Å². The van der Waals surface area contributed by atoms with Crippen LogP contribution in [0.15, 0.2) is 30.3 Å².